The van der Waals surface area contributed by atoms with Gasteiger partial charge in [0.25, 0.3) is 0 Å². The number of ether oxygens (including phenoxy) is 3. The van der Waals surface area contributed by atoms with E-state index >= 15 is 0 Å². The fourth-order valence-electron chi connectivity index (χ4n) is 3.05. The Hall–Kier alpha value is -4.30. The second-order valence-electron chi connectivity index (χ2n) is 7.10. The van der Waals surface area contributed by atoms with Gasteiger partial charge in [-0.3, -0.25) is 4.79 Å². The van der Waals surface area contributed by atoms with Crippen molar-refractivity contribution in [2.75, 3.05) is 6.61 Å². The highest BCUT2D eigenvalue weighted by Gasteiger charge is 2.38. The minimum atomic E-state index is -1.67. The van der Waals surface area contributed by atoms with Crippen molar-refractivity contribution >= 4 is 24.2 Å². The Bertz CT molecular complexity index is 1100. The molecule has 0 heterocycles. The summed E-state index contributed by atoms with van der Waals surface area (Å²) in [5.74, 6) is -2.54. The number of aliphatic hydroxyl groups is 1. The molecule has 0 saturated heterocycles. The number of hydrogen-bond acceptors (Lipinski definition) is 8. The summed E-state index contributed by atoms with van der Waals surface area (Å²) in [6.07, 6.45) is -4.53. The molecule has 0 bridgehead atoms. The minimum Gasteiger partial charge on any atom is -0.452 e. The van der Waals surface area contributed by atoms with Gasteiger partial charge in [-0.05, 0) is 36.4 Å². The number of aliphatic hydroxyl groups excluding tert-OH is 1. The standard InChI is InChI=1S/C26H22O8/c27-16-21(32-24(29)18-10-4-1-5-11-18)23(34-26(31)20-14-8-3-9-15-20)22(17-28)33-25(30)19-12-6-2-7-13-19/h1-16,21-23,28H,17H2. The Kier molecular flexibility index (Phi) is 8.65. The molecule has 3 aromatic rings. The van der Waals surface area contributed by atoms with Crippen LogP contribution >= 0.6 is 0 Å². The molecule has 0 saturated carbocycles. The molecule has 8 nitrogen and oxygen atoms in total. The maximum Gasteiger partial charge on any atom is 0.338 e. The van der Waals surface area contributed by atoms with Gasteiger partial charge in [-0.1, -0.05) is 54.6 Å². The predicted octanol–water partition coefficient (Wildman–Crippen LogP) is 2.85. The van der Waals surface area contributed by atoms with Crippen molar-refractivity contribution in [2.24, 2.45) is 0 Å². The molecule has 0 spiro atoms. The van der Waals surface area contributed by atoms with Crippen LogP contribution in [0.3, 0.4) is 0 Å². The number of carbonyl (C=O) groups excluding carboxylic acids is 4. The van der Waals surface area contributed by atoms with Crippen molar-refractivity contribution in [3.63, 3.8) is 0 Å². The number of aldehydes is 1. The van der Waals surface area contributed by atoms with Gasteiger partial charge in [0.05, 0.1) is 23.3 Å². The molecule has 0 aliphatic heterocycles. The second-order valence-corrected chi connectivity index (χ2v) is 7.10. The van der Waals surface area contributed by atoms with Crippen LogP contribution in [0.2, 0.25) is 0 Å². The normalized spacial score (nSPS) is 13.1. The molecule has 0 amide bonds. The van der Waals surface area contributed by atoms with Crippen molar-refractivity contribution in [3.8, 4) is 0 Å². The average Bonchev–Trinajstić information content (AvgIpc) is 2.90. The number of hydrogen-bond donors (Lipinski definition) is 1. The van der Waals surface area contributed by atoms with E-state index in [0.29, 0.717) is 0 Å². The summed E-state index contributed by atoms with van der Waals surface area (Å²) in [4.78, 5) is 49.7. The van der Waals surface area contributed by atoms with E-state index in [2.05, 4.69) is 0 Å². The molecule has 34 heavy (non-hydrogen) atoms. The van der Waals surface area contributed by atoms with Gasteiger partial charge in [-0.2, -0.15) is 0 Å². The van der Waals surface area contributed by atoms with Crippen LogP contribution in [0.1, 0.15) is 31.1 Å². The van der Waals surface area contributed by atoms with Gasteiger partial charge in [0, 0.05) is 0 Å². The molecule has 8 heteroatoms. The van der Waals surface area contributed by atoms with Crippen LogP contribution < -0.4 is 0 Å². The van der Waals surface area contributed by atoms with E-state index in [0.717, 1.165) is 0 Å². The minimum absolute atomic E-state index is 0.151. The zero-order valence-corrected chi connectivity index (χ0v) is 18.0. The topological polar surface area (TPSA) is 116 Å². The largest absolute Gasteiger partial charge is 0.452 e. The summed E-state index contributed by atoms with van der Waals surface area (Å²) in [6, 6.07) is 23.7. The molecule has 3 rings (SSSR count). The van der Waals surface area contributed by atoms with E-state index in [9.17, 15) is 24.3 Å². The summed E-state index contributed by atoms with van der Waals surface area (Å²) < 4.78 is 16.0. The maximum absolute atomic E-state index is 12.7. The summed E-state index contributed by atoms with van der Waals surface area (Å²) in [6.45, 7) is -0.807. The quantitative estimate of drug-likeness (QED) is 0.278. The van der Waals surface area contributed by atoms with Crippen LogP contribution in [-0.2, 0) is 19.0 Å². The second kappa shape index (κ2) is 12.1. The number of carbonyl (C=O) groups is 4. The lowest BCUT2D eigenvalue weighted by atomic mass is 10.1. The highest BCUT2D eigenvalue weighted by molar-refractivity contribution is 5.92. The third kappa shape index (κ3) is 6.36. The third-order valence-corrected chi connectivity index (χ3v) is 4.78. The van der Waals surface area contributed by atoms with Crippen LogP contribution in [0.5, 0.6) is 0 Å². The summed E-state index contributed by atoms with van der Waals surface area (Å²) in [7, 11) is 0. The Morgan fingerprint density at radius 3 is 1.41 bits per heavy atom. The summed E-state index contributed by atoms with van der Waals surface area (Å²) >= 11 is 0. The van der Waals surface area contributed by atoms with E-state index in [1.54, 1.807) is 54.6 Å². The molecule has 0 aliphatic carbocycles. The number of benzene rings is 3. The van der Waals surface area contributed by atoms with Crippen LogP contribution in [-0.4, -0.2) is 54.2 Å². The van der Waals surface area contributed by atoms with E-state index < -0.39 is 42.8 Å². The van der Waals surface area contributed by atoms with Gasteiger partial charge >= 0.3 is 17.9 Å². The Balaban J connectivity index is 1.87. The Morgan fingerprint density at radius 2 is 1.03 bits per heavy atom. The number of rotatable bonds is 10. The molecule has 3 aromatic carbocycles. The SMILES string of the molecule is O=CC(OC(=O)c1ccccc1)C(OC(=O)c1ccccc1)C(CO)OC(=O)c1ccccc1. The monoisotopic (exact) mass is 462 g/mol. The lowest BCUT2D eigenvalue weighted by Crippen LogP contribution is -2.48. The molecular formula is C26H22O8. The molecule has 3 atom stereocenters. The lowest BCUT2D eigenvalue weighted by Gasteiger charge is -2.29. The first-order valence-electron chi connectivity index (χ1n) is 10.4. The Labute approximate surface area is 195 Å². The van der Waals surface area contributed by atoms with Crippen molar-refractivity contribution in [3.05, 3.63) is 108 Å². The molecule has 0 aliphatic rings. The van der Waals surface area contributed by atoms with Crippen LogP contribution in [0.25, 0.3) is 0 Å². The van der Waals surface area contributed by atoms with E-state index in [1.807, 2.05) is 0 Å². The van der Waals surface area contributed by atoms with Gasteiger partial charge in [0.15, 0.2) is 24.6 Å². The molecule has 174 valence electrons. The van der Waals surface area contributed by atoms with Crippen LogP contribution in [0.15, 0.2) is 91.0 Å². The van der Waals surface area contributed by atoms with Crippen molar-refractivity contribution in [2.45, 2.75) is 18.3 Å². The van der Waals surface area contributed by atoms with E-state index in [-0.39, 0.29) is 23.0 Å². The lowest BCUT2D eigenvalue weighted by molar-refractivity contribution is -0.131. The predicted molar refractivity (Wildman–Crippen MR) is 120 cm³/mol. The molecule has 0 aromatic heterocycles. The van der Waals surface area contributed by atoms with Gasteiger partial charge in [0.1, 0.15) is 0 Å². The molecular weight excluding hydrogens is 440 g/mol. The fourth-order valence-corrected chi connectivity index (χ4v) is 3.05. The highest BCUT2D eigenvalue weighted by atomic mass is 16.6. The Morgan fingerprint density at radius 1 is 0.647 bits per heavy atom. The average molecular weight is 462 g/mol. The number of esters is 3. The molecule has 0 fully saturated rings. The maximum atomic E-state index is 12.7. The fraction of sp³-hybridized carbons (Fsp3) is 0.154. The summed E-state index contributed by atoms with van der Waals surface area (Å²) in [5, 5.41) is 9.95. The zero-order valence-electron chi connectivity index (χ0n) is 18.0. The van der Waals surface area contributed by atoms with Gasteiger partial charge in [-0.15, -0.1) is 0 Å². The van der Waals surface area contributed by atoms with Gasteiger partial charge in [-0.25, -0.2) is 14.4 Å². The molecule has 1 N–H and O–H groups in total. The van der Waals surface area contributed by atoms with Crippen LogP contribution in [0.4, 0.5) is 0 Å². The smallest absolute Gasteiger partial charge is 0.338 e. The van der Waals surface area contributed by atoms with Crippen molar-refractivity contribution in [1.82, 2.24) is 0 Å². The first-order chi connectivity index (χ1) is 16.5. The van der Waals surface area contributed by atoms with Gasteiger partial charge in [0.2, 0.25) is 0 Å². The molecule has 0 radical (unpaired) electrons. The summed E-state index contributed by atoms with van der Waals surface area (Å²) in [5.41, 5.74) is 0.486. The molecule has 3 unspecified atom stereocenters. The first-order valence-corrected chi connectivity index (χ1v) is 10.4. The van der Waals surface area contributed by atoms with Crippen LogP contribution in [0, 0.1) is 0 Å². The zero-order chi connectivity index (χ0) is 24.3. The van der Waals surface area contributed by atoms with Crippen molar-refractivity contribution in [1.29, 1.82) is 0 Å². The first kappa shape index (κ1) is 24.3. The van der Waals surface area contributed by atoms with E-state index in [1.165, 1.54) is 36.4 Å². The third-order valence-electron chi connectivity index (χ3n) is 4.78. The van der Waals surface area contributed by atoms with Crippen molar-refractivity contribution < 1.29 is 38.5 Å². The highest BCUT2D eigenvalue weighted by Crippen LogP contribution is 2.18. The van der Waals surface area contributed by atoms with E-state index in [4.69, 9.17) is 14.2 Å². The van der Waals surface area contributed by atoms with Gasteiger partial charge < -0.3 is 19.3 Å².